The molecule has 1 amide bonds. The number of hydrogen-bond acceptors (Lipinski definition) is 2. The van der Waals surface area contributed by atoms with E-state index in [1.807, 2.05) is 0 Å². The topological polar surface area (TPSA) is 29.5 Å². The number of benzene rings is 1. The van der Waals surface area contributed by atoms with Gasteiger partial charge in [0.25, 0.3) is 11.6 Å². The van der Waals surface area contributed by atoms with Crippen LogP contribution in [0, 0.1) is 11.3 Å². The van der Waals surface area contributed by atoms with Gasteiger partial charge in [-0.15, -0.1) is 0 Å². The fourth-order valence-corrected chi connectivity index (χ4v) is 3.45. The zero-order valence-electron chi connectivity index (χ0n) is 15.2. The van der Waals surface area contributed by atoms with Crippen LogP contribution in [0.25, 0.3) is 0 Å². The van der Waals surface area contributed by atoms with E-state index in [0.717, 1.165) is 12.0 Å². The summed E-state index contributed by atoms with van der Waals surface area (Å²) in [5.41, 5.74) is -7.05. The highest BCUT2D eigenvalue weighted by Gasteiger charge is 2.75. The Balaban J connectivity index is 2.27. The average Bonchev–Trinajstić information content (AvgIpc) is 2.82. The monoisotopic (exact) mass is 415 g/mol. The van der Waals surface area contributed by atoms with Crippen LogP contribution in [0.15, 0.2) is 30.3 Å². The highest BCUT2D eigenvalue weighted by molar-refractivity contribution is 5.84. The summed E-state index contributed by atoms with van der Waals surface area (Å²) in [4.78, 5) is 18.0. The third-order valence-electron chi connectivity index (χ3n) is 5.23. The molecule has 0 saturated carbocycles. The smallest absolute Gasteiger partial charge is 0.272 e. The van der Waals surface area contributed by atoms with Crippen molar-refractivity contribution in [3.8, 4) is 0 Å². The van der Waals surface area contributed by atoms with Crippen LogP contribution in [-0.2, 0) is 16.2 Å². The van der Waals surface area contributed by atoms with Crippen LogP contribution in [0.3, 0.4) is 0 Å². The van der Waals surface area contributed by atoms with Gasteiger partial charge in [0.15, 0.2) is 0 Å². The molecule has 0 bridgehead atoms. The number of hydroxylamine groups is 2. The Bertz CT molecular complexity index is 675. The summed E-state index contributed by atoms with van der Waals surface area (Å²) in [6, 6.07) is 8.50. The lowest BCUT2D eigenvalue weighted by Crippen LogP contribution is -2.57. The zero-order valence-corrected chi connectivity index (χ0v) is 15.2. The highest BCUT2D eigenvalue weighted by atomic mass is 19.4. The van der Waals surface area contributed by atoms with Gasteiger partial charge in [0, 0.05) is 6.42 Å². The van der Waals surface area contributed by atoms with Crippen LogP contribution in [-0.4, -0.2) is 35.5 Å². The van der Waals surface area contributed by atoms with Gasteiger partial charge in [0.05, 0.1) is 12.0 Å². The molecule has 1 aliphatic rings. The van der Waals surface area contributed by atoms with Crippen molar-refractivity contribution in [3.63, 3.8) is 0 Å². The van der Waals surface area contributed by atoms with Crippen molar-refractivity contribution >= 4 is 5.91 Å². The SMILES string of the molecule is CC[C@H]1CN(OCc2ccccc2)C(=O)[C@@]1(C)CC(F)(C(F)(F)F)C(F)(F)F. The second-order valence-electron chi connectivity index (χ2n) is 7.12. The first-order chi connectivity index (χ1) is 12.8. The van der Waals surface area contributed by atoms with E-state index in [-0.39, 0.29) is 19.6 Å². The normalized spacial score (nSPS) is 24.1. The first kappa shape index (κ1) is 22.4. The zero-order chi connectivity index (χ0) is 21.4. The number of nitrogens with zero attached hydrogens (tertiary/aromatic N) is 1. The Hall–Kier alpha value is -1.84. The van der Waals surface area contributed by atoms with Crippen LogP contribution < -0.4 is 0 Å². The first-order valence-electron chi connectivity index (χ1n) is 8.57. The van der Waals surface area contributed by atoms with E-state index < -0.39 is 41.7 Å². The molecule has 0 unspecified atom stereocenters. The molecule has 0 radical (unpaired) electrons. The van der Waals surface area contributed by atoms with Gasteiger partial charge in [-0.05, 0) is 11.5 Å². The number of carbonyl (C=O) groups excluding carboxylic acids is 1. The molecule has 1 heterocycles. The molecule has 1 aromatic rings. The predicted octanol–water partition coefficient (Wildman–Crippen LogP) is 5.22. The van der Waals surface area contributed by atoms with E-state index in [1.54, 1.807) is 30.3 Å². The van der Waals surface area contributed by atoms with Crippen molar-refractivity contribution in [2.24, 2.45) is 11.3 Å². The molecule has 3 nitrogen and oxygen atoms in total. The first-order valence-corrected chi connectivity index (χ1v) is 8.57. The van der Waals surface area contributed by atoms with E-state index in [1.165, 1.54) is 6.92 Å². The molecule has 2 atom stereocenters. The lowest BCUT2D eigenvalue weighted by atomic mass is 9.70. The van der Waals surface area contributed by atoms with E-state index in [0.29, 0.717) is 5.56 Å². The minimum Gasteiger partial charge on any atom is -0.272 e. The maximum Gasteiger partial charge on any atom is 0.431 e. The summed E-state index contributed by atoms with van der Waals surface area (Å²) >= 11 is 0. The van der Waals surface area contributed by atoms with Gasteiger partial charge < -0.3 is 0 Å². The number of amides is 1. The van der Waals surface area contributed by atoms with Gasteiger partial charge in [-0.3, -0.25) is 9.63 Å². The Morgan fingerprint density at radius 3 is 2.07 bits per heavy atom. The molecule has 1 aliphatic heterocycles. The van der Waals surface area contributed by atoms with Gasteiger partial charge in [0.1, 0.15) is 6.61 Å². The van der Waals surface area contributed by atoms with E-state index in [9.17, 15) is 35.5 Å². The average molecular weight is 415 g/mol. The molecule has 1 fully saturated rings. The Morgan fingerprint density at radius 2 is 1.61 bits per heavy atom. The molecule has 10 heteroatoms. The molecule has 0 spiro atoms. The molecule has 158 valence electrons. The molecule has 28 heavy (non-hydrogen) atoms. The fraction of sp³-hybridized carbons (Fsp3) is 0.611. The largest absolute Gasteiger partial charge is 0.431 e. The van der Waals surface area contributed by atoms with Gasteiger partial charge in [-0.2, -0.15) is 26.3 Å². The predicted molar refractivity (Wildman–Crippen MR) is 85.4 cm³/mol. The van der Waals surface area contributed by atoms with Crippen molar-refractivity contribution in [1.82, 2.24) is 5.06 Å². The Morgan fingerprint density at radius 1 is 1.07 bits per heavy atom. The van der Waals surface area contributed by atoms with Crippen LogP contribution in [0.2, 0.25) is 0 Å². The molecular formula is C18H20F7NO2. The van der Waals surface area contributed by atoms with Crippen LogP contribution in [0.1, 0.15) is 32.3 Å². The van der Waals surface area contributed by atoms with E-state index in [4.69, 9.17) is 4.84 Å². The Labute approximate surface area is 157 Å². The molecule has 0 aliphatic carbocycles. The van der Waals surface area contributed by atoms with Gasteiger partial charge in [-0.1, -0.05) is 50.6 Å². The summed E-state index contributed by atoms with van der Waals surface area (Å²) < 4.78 is 92.3. The number of hydrogen-bond donors (Lipinski definition) is 0. The van der Waals surface area contributed by atoms with Crippen molar-refractivity contribution in [2.75, 3.05) is 6.54 Å². The summed E-state index contributed by atoms with van der Waals surface area (Å²) in [6.45, 7) is 2.13. The lowest BCUT2D eigenvalue weighted by Gasteiger charge is -2.37. The molecule has 0 N–H and O–H groups in total. The second-order valence-corrected chi connectivity index (χ2v) is 7.12. The van der Waals surface area contributed by atoms with Crippen molar-refractivity contribution < 1.29 is 40.4 Å². The third-order valence-corrected chi connectivity index (χ3v) is 5.23. The number of rotatable bonds is 6. The quantitative estimate of drug-likeness (QED) is 0.597. The fourth-order valence-electron chi connectivity index (χ4n) is 3.45. The van der Waals surface area contributed by atoms with Gasteiger partial charge in [-0.25, -0.2) is 9.45 Å². The molecule has 1 saturated heterocycles. The van der Waals surface area contributed by atoms with Crippen LogP contribution in [0.4, 0.5) is 30.7 Å². The second kappa shape index (κ2) is 7.53. The number of carbonyl (C=O) groups is 1. The molecule has 0 aromatic heterocycles. The van der Waals surface area contributed by atoms with E-state index in [2.05, 4.69) is 0 Å². The standard InChI is InChI=1S/C18H20F7NO2/c1-3-13-9-26(28-10-12-7-5-4-6-8-12)14(27)15(13,2)11-16(19,17(20,21)22)18(23,24)25/h4-8,13H,3,9-11H2,1-2H3/t13-,15-/m0/s1. The number of alkyl halides is 7. The third kappa shape index (κ3) is 3.97. The molecule has 1 aromatic carbocycles. The minimum absolute atomic E-state index is 0.0826. The summed E-state index contributed by atoms with van der Waals surface area (Å²) in [5.74, 6) is -2.03. The van der Waals surface area contributed by atoms with Crippen LogP contribution >= 0.6 is 0 Å². The summed E-state index contributed by atoms with van der Waals surface area (Å²) in [6.07, 6.45) is -14.4. The van der Waals surface area contributed by atoms with Crippen molar-refractivity contribution in [3.05, 3.63) is 35.9 Å². The lowest BCUT2D eigenvalue weighted by molar-refractivity contribution is -0.348. The van der Waals surface area contributed by atoms with Crippen LogP contribution in [0.5, 0.6) is 0 Å². The molecule has 2 rings (SSSR count). The summed E-state index contributed by atoms with van der Waals surface area (Å²) in [5, 5.41) is 0.744. The Kier molecular flexibility index (Phi) is 6.04. The highest BCUT2D eigenvalue weighted by Crippen LogP contribution is 2.55. The van der Waals surface area contributed by atoms with E-state index >= 15 is 0 Å². The number of halogens is 7. The van der Waals surface area contributed by atoms with Gasteiger partial charge in [0.2, 0.25) is 0 Å². The van der Waals surface area contributed by atoms with Gasteiger partial charge >= 0.3 is 12.4 Å². The van der Waals surface area contributed by atoms with Crippen molar-refractivity contribution in [2.45, 2.75) is 51.3 Å². The maximum atomic E-state index is 14.3. The summed E-state index contributed by atoms with van der Waals surface area (Å²) in [7, 11) is 0. The molecular weight excluding hydrogens is 395 g/mol. The maximum absolute atomic E-state index is 14.3. The minimum atomic E-state index is -6.20. The van der Waals surface area contributed by atoms with Crippen molar-refractivity contribution in [1.29, 1.82) is 0 Å².